The molecule has 0 spiro atoms. The number of hydrogen-bond donors (Lipinski definition) is 2. The summed E-state index contributed by atoms with van der Waals surface area (Å²) in [4.78, 5) is 33.1. The van der Waals surface area contributed by atoms with Crippen LogP contribution in [0.15, 0.2) is 52.5 Å². The molecule has 0 saturated carbocycles. The molecule has 2 heterocycles. The first kappa shape index (κ1) is 19.9. The third-order valence-corrected chi connectivity index (χ3v) is 4.66. The van der Waals surface area contributed by atoms with Gasteiger partial charge < -0.3 is 10.3 Å². The molecule has 3 aromatic rings. The highest BCUT2D eigenvalue weighted by atomic mass is 32.2. The fourth-order valence-corrected chi connectivity index (χ4v) is 3.25. The van der Waals surface area contributed by atoms with Crippen molar-refractivity contribution >= 4 is 28.6 Å². The smallest absolute Gasteiger partial charge is 0.355 e. The average molecular weight is 408 g/mol. The highest BCUT2D eigenvalue weighted by Crippen LogP contribution is 2.27. The SMILES string of the molecule is O=C(CSc1nc(C(F)(F)F)cc(=O)[nH]1)NCCc1cccc2cccnc12. The predicted molar refractivity (Wildman–Crippen MR) is 99.0 cm³/mol. The number of rotatable bonds is 6. The monoisotopic (exact) mass is 408 g/mol. The minimum atomic E-state index is -4.72. The number of thioether (sulfide) groups is 1. The lowest BCUT2D eigenvalue weighted by atomic mass is 10.1. The van der Waals surface area contributed by atoms with Crippen molar-refractivity contribution < 1.29 is 18.0 Å². The third-order valence-electron chi connectivity index (χ3n) is 3.78. The van der Waals surface area contributed by atoms with Gasteiger partial charge in [-0.1, -0.05) is 36.0 Å². The van der Waals surface area contributed by atoms with E-state index in [1.54, 1.807) is 6.20 Å². The number of carbonyl (C=O) groups is 1. The van der Waals surface area contributed by atoms with E-state index in [-0.39, 0.29) is 16.8 Å². The number of H-pyrrole nitrogens is 1. The topological polar surface area (TPSA) is 87.7 Å². The van der Waals surface area contributed by atoms with Crippen LogP contribution in [0.1, 0.15) is 11.3 Å². The van der Waals surface area contributed by atoms with Crippen LogP contribution < -0.4 is 10.9 Å². The van der Waals surface area contributed by atoms with Crippen molar-refractivity contribution in [2.75, 3.05) is 12.3 Å². The number of nitrogens with one attached hydrogen (secondary N) is 2. The van der Waals surface area contributed by atoms with E-state index in [1.165, 1.54) is 0 Å². The van der Waals surface area contributed by atoms with Crippen LogP contribution in [-0.4, -0.2) is 33.2 Å². The number of fused-ring (bicyclic) bond motifs is 1. The largest absolute Gasteiger partial charge is 0.433 e. The van der Waals surface area contributed by atoms with E-state index in [4.69, 9.17) is 0 Å². The number of nitrogens with zero attached hydrogens (tertiary/aromatic N) is 2. The van der Waals surface area contributed by atoms with Gasteiger partial charge in [-0.05, 0) is 18.1 Å². The number of amides is 1. The first-order valence-corrected chi connectivity index (χ1v) is 9.22. The Balaban J connectivity index is 1.54. The van der Waals surface area contributed by atoms with Gasteiger partial charge >= 0.3 is 6.18 Å². The maximum atomic E-state index is 12.7. The first-order valence-electron chi connectivity index (χ1n) is 8.23. The molecule has 1 aromatic carbocycles. The minimum absolute atomic E-state index is 0.169. The molecule has 0 saturated heterocycles. The maximum absolute atomic E-state index is 12.7. The molecule has 0 fully saturated rings. The first-order chi connectivity index (χ1) is 13.3. The summed E-state index contributed by atoms with van der Waals surface area (Å²) in [5.74, 6) is -0.545. The van der Waals surface area contributed by atoms with Gasteiger partial charge in [-0.2, -0.15) is 13.2 Å². The van der Waals surface area contributed by atoms with E-state index >= 15 is 0 Å². The Labute approximate surface area is 161 Å². The molecule has 0 aliphatic rings. The molecule has 10 heteroatoms. The summed E-state index contributed by atoms with van der Waals surface area (Å²) in [7, 11) is 0. The van der Waals surface area contributed by atoms with Gasteiger partial charge in [0.05, 0.1) is 11.3 Å². The quantitative estimate of drug-likeness (QED) is 0.484. The molecule has 6 nitrogen and oxygen atoms in total. The normalized spacial score (nSPS) is 11.5. The molecule has 3 rings (SSSR count). The molecule has 0 radical (unpaired) electrons. The summed E-state index contributed by atoms with van der Waals surface area (Å²) in [5.41, 5.74) is -0.370. The van der Waals surface area contributed by atoms with E-state index in [1.807, 2.05) is 30.3 Å². The van der Waals surface area contributed by atoms with Crippen LogP contribution in [0.2, 0.25) is 0 Å². The zero-order chi connectivity index (χ0) is 20.1. The number of carbonyl (C=O) groups excluding carboxylic acids is 1. The van der Waals surface area contributed by atoms with Crippen LogP contribution in [-0.2, 0) is 17.4 Å². The number of alkyl halides is 3. The number of aromatic amines is 1. The molecule has 28 heavy (non-hydrogen) atoms. The molecular weight excluding hydrogens is 393 g/mol. The van der Waals surface area contributed by atoms with E-state index in [0.717, 1.165) is 28.2 Å². The molecule has 0 bridgehead atoms. The zero-order valence-electron chi connectivity index (χ0n) is 14.4. The average Bonchev–Trinajstić information content (AvgIpc) is 2.65. The second-order valence-corrected chi connectivity index (χ2v) is 6.78. The fourth-order valence-electron chi connectivity index (χ4n) is 2.54. The second kappa shape index (κ2) is 8.42. The Kier molecular flexibility index (Phi) is 5.98. The van der Waals surface area contributed by atoms with Crippen LogP contribution in [0.5, 0.6) is 0 Å². The van der Waals surface area contributed by atoms with Crippen molar-refractivity contribution in [1.29, 1.82) is 0 Å². The third kappa shape index (κ3) is 5.10. The number of benzene rings is 1. The maximum Gasteiger partial charge on any atom is 0.433 e. The van der Waals surface area contributed by atoms with Crippen molar-refractivity contribution in [1.82, 2.24) is 20.3 Å². The summed E-state index contributed by atoms with van der Waals surface area (Å²) in [5, 5.41) is 3.44. The lowest BCUT2D eigenvalue weighted by molar-refractivity contribution is -0.141. The molecule has 0 aliphatic heterocycles. The van der Waals surface area contributed by atoms with Crippen LogP contribution in [0.3, 0.4) is 0 Å². The lowest BCUT2D eigenvalue weighted by Gasteiger charge is -2.08. The van der Waals surface area contributed by atoms with Gasteiger partial charge in [-0.25, -0.2) is 4.98 Å². The van der Waals surface area contributed by atoms with Crippen LogP contribution in [0, 0.1) is 0 Å². The second-order valence-electron chi connectivity index (χ2n) is 5.81. The number of para-hydroxylation sites is 1. The van der Waals surface area contributed by atoms with Crippen molar-refractivity contribution in [3.8, 4) is 0 Å². The van der Waals surface area contributed by atoms with Crippen LogP contribution >= 0.6 is 11.8 Å². The van der Waals surface area contributed by atoms with Gasteiger partial charge in [0, 0.05) is 24.2 Å². The highest BCUT2D eigenvalue weighted by Gasteiger charge is 2.33. The minimum Gasteiger partial charge on any atom is -0.355 e. The Morgan fingerprint density at radius 1 is 1.21 bits per heavy atom. The van der Waals surface area contributed by atoms with Gasteiger partial charge in [0.15, 0.2) is 10.9 Å². The fraction of sp³-hybridized carbons (Fsp3) is 0.222. The predicted octanol–water partition coefficient (Wildman–Crippen LogP) is 2.79. The standard InChI is InChI=1S/C18H15F3N4O2S/c19-18(20,21)13-9-14(26)25-17(24-13)28-10-15(27)22-8-6-12-4-1-3-11-5-2-7-23-16(11)12/h1-5,7,9H,6,8,10H2,(H,22,27)(H,24,25,26). The molecule has 0 atom stereocenters. The van der Waals surface area contributed by atoms with E-state index in [9.17, 15) is 22.8 Å². The molecule has 2 aromatic heterocycles. The highest BCUT2D eigenvalue weighted by molar-refractivity contribution is 7.99. The molecule has 2 N–H and O–H groups in total. The lowest BCUT2D eigenvalue weighted by Crippen LogP contribution is -2.27. The summed E-state index contributed by atoms with van der Waals surface area (Å²) in [6.07, 6.45) is -2.47. The Bertz CT molecular complexity index is 1050. The summed E-state index contributed by atoms with van der Waals surface area (Å²) in [6.45, 7) is 0.349. The Morgan fingerprint density at radius 2 is 2.00 bits per heavy atom. The van der Waals surface area contributed by atoms with Crippen molar-refractivity contribution in [2.24, 2.45) is 0 Å². The van der Waals surface area contributed by atoms with Gasteiger partial charge in [0.25, 0.3) is 5.56 Å². The van der Waals surface area contributed by atoms with Crippen LogP contribution in [0.4, 0.5) is 13.2 Å². The van der Waals surface area contributed by atoms with E-state index in [2.05, 4.69) is 20.3 Å². The van der Waals surface area contributed by atoms with E-state index < -0.39 is 17.4 Å². The molecular formula is C18H15F3N4O2S. The van der Waals surface area contributed by atoms with Crippen molar-refractivity contribution in [2.45, 2.75) is 17.8 Å². The number of hydrogen-bond acceptors (Lipinski definition) is 5. The summed E-state index contributed by atoms with van der Waals surface area (Å²) < 4.78 is 38.0. The van der Waals surface area contributed by atoms with Gasteiger partial charge in [-0.15, -0.1) is 0 Å². The van der Waals surface area contributed by atoms with Crippen molar-refractivity contribution in [3.63, 3.8) is 0 Å². The van der Waals surface area contributed by atoms with Gasteiger partial charge in [-0.3, -0.25) is 14.6 Å². The summed E-state index contributed by atoms with van der Waals surface area (Å²) in [6, 6.07) is 9.95. The van der Waals surface area contributed by atoms with Gasteiger partial charge in [0.2, 0.25) is 5.91 Å². The van der Waals surface area contributed by atoms with Crippen LogP contribution in [0.25, 0.3) is 10.9 Å². The molecule has 0 aliphatic carbocycles. The Hall–Kier alpha value is -2.88. The zero-order valence-corrected chi connectivity index (χ0v) is 15.2. The Morgan fingerprint density at radius 3 is 2.79 bits per heavy atom. The van der Waals surface area contributed by atoms with E-state index in [0.29, 0.717) is 19.0 Å². The molecule has 146 valence electrons. The van der Waals surface area contributed by atoms with Crippen molar-refractivity contribution in [3.05, 3.63) is 64.2 Å². The number of halogens is 3. The molecule has 0 unspecified atom stereocenters. The number of aromatic nitrogens is 3. The van der Waals surface area contributed by atoms with Gasteiger partial charge in [0.1, 0.15) is 0 Å². The number of pyridine rings is 1. The summed E-state index contributed by atoms with van der Waals surface area (Å²) >= 11 is 0.731. The molecule has 1 amide bonds.